The number of ether oxygens (including phenoxy) is 1. The molecule has 2 rings (SSSR count). The Morgan fingerprint density at radius 3 is 2.65 bits per heavy atom. The zero-order valence-corrected chi connectivity index (χ0v) is 9.74. The van der Waals surface area contributed by atoms with Gasteiger partial charge in [0, 0.05) is 0 Å². The minimum atomic E-state index is -1.87. The number of rotatable bonds is 3. The van der Waals surface area contributed by atoms with E-state index < -0.39 is 54.4 Å². The summed E-state index contributed by atoms with van der Waals surface area (Å²) in [6, 6.07) is 0. The van der Waals surface area contributed by atoms with Gasteiger partial charge < -0.3 is 20.7 Å². The van der Waals surface area contributed by atoms with E-state index in [1.807, 2.05) is 0 Å². The topological polar surface area (TPSA) is 120 Å². The highest BCUT2D eigenvalue weighted by Gasteiger charge is 2.47. The average molecular weight is 297 g/mol. The summed E-state index contributed by atoms with van der Waals surface area (Å²) < 4.78 is 44.2. The summed E-state index contributed by atoms with van der Waals surface area (Å²) in [4.78, 5) is 17.9. The van der Waals surface area contributed by atoms with Crippen LogP contribution in [0.5, 0.6) is 0 Å². The third-order valence-corrected chi connectivity index (χ3v) is 2.89. The van der Waals surface area contributed by atoms with E-state index in [-0.39, 0.29) is 4.57 Å². The monoisotopic (exact) mass is 297 g/mol. The fourth-order valence-electron chi connectivity index (χ4n) is 1.91. The first-order chi connectivity index (χ1) is 9.42. The molecule has 2 heterocycles. The van der Waals surface area contributed by atoms with Gasteiger partial charge in [0.25, 0.3) is 0 Å². The van der Waals surface area contributed by atoms with Gasteiger partial charge >= 0.3 is 5.69 Å². The van der Waals surface area contributed by atoms with Crippen LogP contribution in [-0.2, 0) is 9.68 Å². The molecule has 0 aliphatic carbocycles. The molecule has 1 aromatic heterocycles. The molecule has 11 heteroatoms. The van der Waals surface area contributed by atoms with E-state index in [9.17, 15) is 23.2 Å². The predicted octanol–water partition coefficient (Wildman–Crippen LogP) is -1.38. The Morgan fingerprint density at radius 2 is 2.15 bits per heavy atom. The van der Waals surface area contributed by atoms with Gasteiger partial charge in [-0.2, -0.15) is 18.7 Å². The van der Waals surface area contributed by atoms with Crippen molar-refractivity contribution in [3.63, 3.8) is 0 Å². The Balaban J connectivity index is 2.48. The number of nitrogens with zero attached hydrogens (tertiary/aromatic N) is 2. The van der Waals surface area contributed by atoms with Gasteiger partial charge in [-0.15, -0.1) is 0 Å². The second-order valence-corrected chi connectivity index (χ2v) is 4.05. The van der Waals surface area contributed by atoms with Crippen LogP contribution in [0.15, 0.2) is 4.79 Å². The van der Waals surface area contributed by atoms with Gasteiger partial charge in [0.15, 0.2) is 18.1 Å². The summed E-state index contributed by atoms with van der Waals surface area (Å²) in [5, 5.41) is 18.6. The van der Waals surface area contributed by atoms with Crippen LogP contribution in [0.4, 0.5) is 19.1 Å². The zero-order valence-electron chi connectivity index (χ0n) is 9.74. The van der Waals surface area contributed by atoms with Gasteiger partial charge in [-0.05, 0) is 4.53 Å². The molecular formula is C9H10F3N3O5. The van der Waals surface area contributed by atoms with Crippen molar-refractivity contribution >= 4 is 5.82 Å². The molecule has 4 atom stereocenters. The molecule has 1 aromatic rings. The SMILES string of the molecule is Nc1nc(=O)n(C2O[C@H](CO)[C@@H](OF)[C@H]2O)c(F)c1F. The van der Waals surface area contributed by atoms with Crippen LogP contribution in [-0.4, -0.2) is 44.7 Å². The van der Waals surface area contributed by atoms with Crippen molar-refractivity contribution in [2.45, 2.75) is 24.5 Å². The van der Waals surface area contributed by atoms with E-state index in [0.29, 0.717) is 0 Å². The minimum absolute atomic E-state index is 0.0258. The van der Waals surface area contributed by atoms with Crippen molar-refractivity contribution in [2.24, 2.45) is 0 Å². The van der Waals surface area contributed by atoms with Crippen LogP contribution in [0, 0.1) is 11.8 Å². The maximum absolute atomic E-state index is 13.7. The van der Waals surface area contributed by atoms with Crippen molar-refractivity contribution in [1.29, 1.82) is 0 Å². The lowest BCUT2D eigenvalue weighted by atomic mass is 10.1. The summed E-state index contributed by atoms with van der Waals surface area (Å²) in [5.41, 5.74) is 3.62. The Morgan fingerprint density at radius 1 is 1.50 bits per heavy atom. The molecule has 0 saturated carbocycles. The van der Waals surface area contributed by atoms with Gasteiger partial charge in [-0.25, -0.2) is 9.36 Å². The second kappa shape index (κ2) is 5.36. The average Bonchev–Trinajstić information content (AvgIpc) is 2.73. The smallest absolute Gasteiger partial charge is 0.354 e. The number of aromatic nitrogens is 2. The Hall–Kier alpha value is -1.69. The highest BCUT2D eigenvalue weighted by atomic mass is 19.3. The number of aliphatic hydroxyl groups is 2. The lowest BCUT2D eigenvalue weighted by molar-refractivity contribution is -0.214. The first-order valence-corrected chi connectivity index (χ1v) is 5.37. The maximum Gasteiger partial charge on any atom is 0.354 e. The van der Waals surface area contributed by atoms with E-state index in [1.54, 1.807) is 0 Å². The van der Waals surface area contributed by atoms with Crippen molar-refractivity contribution in [3.05, 3.63) is 22.2 Å². The third-order valence-electron chi connectivity index (χ3n) is 2.89. The molecule has 8 nitrogen and oxygen atoms in total. The highest BCUT2D eigenvalue weighted by molar-refractivity contribution is 5.27. The van der Waals surface area contributed by atoms with Gasteiger partial charge in [-0.1, -0.05) is 0 Å². The quantitative estimate of drug-likeness (QED) is 0.588. The molecule has 20 heavy (non-hydrogen) atoms. The van der Waals surface area contributed by atoms with Crippen LogP contribution < -0.4 is 11.4 Å². The van der Waals surface area contributed by atoms with Gasteiger partial charge in [0.05, 0.1) is 6.61 Å². The Bertz CT molecular complexity index is 568. The minimum Gasteiger partial charge on any atom is -0.394 e. The van der Waals surface area contributed by atoms with Gasteiger partial charge in [-0.3, -0.25) is 0 Å². The molecule has 0 radical (unpaired) electrons. The number of halogens is 3. The Labute approximate surface area is 109 Å². The third kappa shape index (κ3) is 2.14. The van der Waals surface area contributed by atoms with Crippen LogP contribution in [0.3, 0.4) is 0 Å². The van der Waals surface area contributed by atoms with Crippen LogP contribution in [0.2, 0.25) is 0 Å². The molecule has 0 amide bonds. The predicted molar refractivity (Wildman–Crippen MR) is 55.8 cm³/mol. The molecule has 0 bridgehead atoms. The van der Waals surface area contributed by atoms with Crippen LogP contribution in [0.1, 0.15) is 6.23 Å². The number of nitrogen functional groups attached to an aromatic ring is 1. The molecule has 1 saturated heterocycles. The van der Waals surface area contributed by atoms with Crippen molar-refractivity contribution in [3.8, 4) is 0 Å². The van der Waals surface area contributed by atoms with E-state index in [4.69, 9.17) is 15.6 Å². The molecule has 4 N–H and O–H groups in total. The van der Waals surface area contributed by atoms with E-state index in [2.05, 4.69) is 9.93 Å². The molecule has 1 unspecified atom stereocenters. The molecule has 0 aromatic carbocycles. The van der Waals surface area contributed by atoms with E-state index in [1.165, 1.54) is 0 Å². The highest BCUT2D eigenvalue weighted by Crippen LogP contribution is 2.31. The lowest BCUT2D eigenvalue weighted by Gasteiger charge is -2.18. The second-order valence-electron chi connectivity index (χ2n) is 4.05. The fraction of sp³-hybridized carbons (Fsp3) is 0.556. The summed E-state index contributed by atoms with van der Waals surface area (Å²) >= 11 is 0. The van der Waals surface area contributed by atoms with Crippen molar-refractivity contribution in [2.75, 3.05) is 12.3 Å². The van der Waals surface area contributed by atoms with Crippen LogP contribution in [0.25, 0.3) is 0 Å². The molecule has 0 spiro atoms. The summed E-state index contributed by atoms with van der Waals surface area (Å²) in [5.74, 6) is -4.32. The van der Waals surface area contributed by atoms with E-state index >= 15 is 0 Å². The van der Waals surface area contributed by atoms with Crippen molar-refractivity contribution in [1.82, 2.24) is 9.55 Å². The Kier molecular flexibility index (Phi) is 3.94. The summed E-state index contributed by atoms with van der Waals surface area (Å²) in [6.07, 6.45) is -6.72. The van der Waals surface area contributed by atoms with Gasteiger partial charge in [0.1, 0.15) is 12.2 Å². The zero-order chi connectivity index (χ0) is 15.0. The lowest BCUT2D eigenvalue weighted by Crippen LogP contribution is -2.38. The normalized spacial score (nSPS) is 29.9. The molecule has 1 fully saturated rings. The number of nitrogens with two attached hydrogens (primary N) is 1. The summed E-state index contributed by atoms with van der Waals surface area (Å²) in [6.45, 7) is -0.774. The molecule has 112 valence electrons. The molecular weight excluding hydrogens is 287 g/mol. The number of aliphatic hydroxyl groups excluding tert-OH is 2. The number of hydrogen-bond donors (Lipinski definition) is 3. The van der Waals surface area contributed by atoms with Gasteiger partial charge in [0.2, 0.25) is 11.8 Å². The van der Waals surface area contributed by atoms with E-state index in [0.717, 1.165) is 0 Å². The largest absolute Gasteiger partial charge is 0.394 e. The molecule has 1 aliphatic rings. The molecule has 1 aliphatic heterocycles. The standard InChI is InChI=1S/C9H10F3N3O5/c10-3-6(11)15(9(18)14-7(3)13)8-4(17)5(20-12)2(1-16)19-8/h2,4-5,8,16-17H,1H2,(H2,13,14,18)/t2-,4-,5-,8?/m1/s1. The number of hydrogen-bond acceptors (Lipinski definition) is 7. The first kappa shape index (κ1) is 14.7. The van der Waals surface area contributed by atoms with Crippen LogP contribution >= 0.6 is 0 Å². The first-order valence-electron chi connectivity index (χ1n) is 5.37. The maximum atomic E-state index is 13.7. The number of anilines is 1. The van der Waals surface area contributed by atoms with Crippen molar-refractivity contribution < 1.29 is 33.2 Å². The summed E-state index contributed by atoms with van der Waals surface area (Å²) in [7, 11) is 0. The fourth-order valence-corrected chi connectivity index (χ4v) is 1.91.